The van der Waals surface area contributed by atoms with Crippen LogP contribution >= 0.6 is 0 Å². The van der Waals surface area contributed by atoms with Crippen LogP contribution in [-0.2, 0) is 13.1 Å². The SMILES string of the molecule is CCCNCc1ccccc1CN(CC)C(C)CN(C)C. The number of likely N-dealkylation sites (N-methyl/N-ethyl adjacent to an activating group) is 2. The van der Waals surface area contributed by atoms with Gasteiger partial charge in [-0.15, -0.1) is 0 Å². The average Bonchev–Trinajstić information content (AvgIpc) is 2.45. The van der Waals surface area contributed by atoms with Gasteiger partial charge >= 0.3 is 0 Å². The molecular weight excluding hydrogens is 258 g/mol. The van der Waals surface area contributed by atoms with Crippen LogP contribution in [0.5, 0.6) is 0 Å². The summed E-state index contributed by atoms with van der Waals surface area (Å²) < 4.78 is 0. The molecule has 120 valence electrons. The fourth-order valence-corrected chi connectivity index (χ4v) is 2.73. The van der Waals surface area contributed by atoms with E-state index in [1.165, 1.54) is 17.5 Å². The van der Waals surface area contributed by atoms with E-state index in [9.17, 15) is 0 Å². The molecule has 1 unspecified atom stereocenters. The molecule has 0 aliphatic rings. The molecule has 1 rings (SSSR count). The molecule has 1 aromatic rings. The molecule has 21 heavy (non-hydrogen) atoms. The van der Waals surface area contributed by atoms with Gasteiger partial charge in [0.25, 0.3) is 0 Å². The van der Waals surface area contributed by atoms with E-state index in [0.717, 1.165) is 32.7 Å². The maximum Gasteiger partial charge on any atom is 0.0240 e. The fraction of sp³-hybridized carbons (Fsp3) is 0.667. The maximum absolute atomic E-state index is 3.52. The Bertz CT molecular complexity index is 390. The van der Waals surface area contributed by atoms with Gasteiger partial charge in [0.15, 0.2) is 0 Å². The molecule has 0 bridgehead atoms. The molecule has 3 nitrogen and oxygen atoms in total. The highest BCUT2D eigenvalue weighted by Crippen LogP contribution is 2.14. The van der Waals surface area contributed by atoms with Crippen LogP contribution in [-0.4, -0.2) is 49.6 Å². The first kappa shape index (κ1) is 18.1. The number of nitrogens with zero attached hydrogens (tertiary/aromatic N) is 2. The molecule has 0 fully saturated rings. The maximum atomic E-state index is 3.52. The standard InChI is InChI=1S/C18H33N3/c1-6-12-19-13-17-10-8-9-11-18(17)15-21(7-2)16(3)14-20(4)5/h8-11,16,19H,6-7,12-15H2,1-5H3. The van der Waals surface area contributed by atoms with E-state index in [2.05, 4.69) is 74.2 Å². The van der Waals surface area contributed by atoms with E-state index in [1.807, 2.05) is 0 Å². The van der Waals surface area contributed by atoms with E-state index in [4.69, 9.17) is 0 Å². The summed E-state index contributed by atoms with van der Waals surface area (Å²) in [5.41, 5.74) is 2.88. The zero-order valence-electron chi connectivity index (χ0n) is 14.5. The smallest absolute Gasteiger partial charge is 0.0240 e. The Labute approximate surface area is 131 Å². The van der Waals surface area contributed by atoms with Crippen molar-refractivity contribution in [1.29, 1.82) is 0 Å². The Kier molecular flexibility index (Phi) is 8.58. The average molecular weight is 291 g/mol. The summed E-state index contributed by atoms with van der Waals surface area (Å²) >= 11 is 0. The van der Waals surface area contributed by atoms with Crippen LogP contribution in [0, 0.1) is 0 Å². The second-order valence-corrected chi connectivity index (χ2v) is 6.12. The van der Waals surface area contributed by atoms with Crippen molar-refractivity contribution in [2.24, 2.45) is 0 Å². The molecule has 0 radical (unpaired) electrons. The van der Waals surface area contributed by atoms with Crippen LogP contribution < -0.4 is 5.32 Å². The molecule has 1 aromatic carbocycles. The summed E-state index contributed by atoms with van der Waals surface area (Å²) in [6.45, 7) is 12.1. The highest BCUT2D eigenvalue weighted by molar-refractivity contribution is 5.27. The van der Waals surface area contributed by atoms with Crippen LogP contribution in [0.4, 0.5) is 0 Å². The van der Waals surface area contributed by atoms with Crippen molar-refractivity contribution in [3.05, 3.63) is 35.4 Å². The van der Waals surface area contributed by atoms with Crippen molar-refractivity contribution in [2.75, 3.05) is 33.7 Å². The van der Waals surface area contributed by atoms with Crippen LogP contribution in [0.3, 0.4) is 0 Å². The number of hydrogen-bond acceptors (Lipinski definition) is 3. The summed E-state index contributed by atoms with van der Waals surface area (Å²) in [5.74, 6) is 0. The van der Waals surface area contributed by atoms with Gasteiger partial charge in [0.2, 0.25) is 0 Å². The Morgan fingerprint density at radius 2 is 1.76 bits per heavy atom. The number of rotatable bonds is 10. The molecule has 0 aromatic heterocycles. The van der Waals surface area contributed by atoms with E-state index in [-0.39, 0.29) is 0 Å². The minimum atomic E-state index is 0.571. The van der Waals surface area contributed by atoms with Gasteiger partial charge in [-0.25, -0.2) is 0 Å². The van der Waals surface area contributed by atoms with Gasteiger partial charge in [-0.2, -0.15) is 0 Å². The molecule has 0 spiro atoms. The summed E-state index contributed by atoms with van der Waals surface area (Å²) in [5, 5.41) is 3.52. The molecule has 3 heteroatoms. The Hall–Kier alpha value is -0.900. The number of hydrogen-bond donors (Lipinski definition) is 1. The topological polar surface area (TPSA) is 18.5 Å². The third-order valence-corrected chi connectivity index (χ3v) is 3.89. The molecule has 0 amide bonds. The van der Waals surface area contributed by atoms with E-state index in [0.29, 0.717) is 6.04 Å². The number of benzene rings is 1. The van der Waals surface area contributed by atoms with Crippen molar-refractivity contribution >= 4 is 0 Å². The third kappa shape index (κ3) is 6.60. The van der Waals surface area contributed by atoms with Gasteiger partial charge in [0.05, 0.1) is 0 Å². The molecule has 1 atom stereocenters. The first-order chi connectivity index (χ1) is 10.1. The lowest BCUT2D eigenvalue weighted by Gasteiger charge is -2.30. The van der Waals surface area contributed by atoms with Gasteiger partial charge in [0.1, 0.15) is 0 Å². The summed E-state index contributed by atoms with van der Waals surface area (Å²) in [6, 6.07) is 9.40. The fourth-order valence-electron chi connectivity index (χ4n) is 2.73. The highest BCUT2D eigenvalue weighted by Gasteiger charge is 2.14. The van der Waals surface area contributed by atoms with Gasteiger partial charge in [0, 0.05) is 25.7 Å². The Morgan fingerprint density at radius 3 is 2.33 bits per heavy atom. The minimum absolute atomic E-state index is 0.571. The second-order valence-electron chi connectivity index (χ2n) is 6.12. The third-order valence-electron chi connectivity index (χ3n) is 3.89. The van der Waals surface area contributed by atoms with Crippen molar-refractivity contribution in [1.82, 2.24) is 15.1 Å². The summed E-state index contributed by atoms with van der Waals surface area (Å²) in [4.78, 5) is 4.82. The van der Waals surface area contributed by atoms with E-state index < -0.39 is 0 Å². The van der Waals surface area contributed by atoms with Gasteiger partial charge < -0.3 is 10.2 Å². The lowest BCUT2D eigenvalue weighted by atomic mass is 10.1. The molecule has 0 saturated carbocycles. The normalized spacial score (nSPS) is 13.1. The van der Waals surface area contributed by atoms with Crippen molar-refractivity contribution in [2.45, 2.75) is 46.3 Å². The summed E-state index contributed by atoms with van der Waals surface area (Å²) in [6.07, 6.45) is 1.18. The van der Waals surface area contributed by atoms with Crippen molar-refractivity contribution < 1.29 is 0 Å². The van der Waals surface area contributed by atoms with Crippen LogP contribution in [0.2, 0.25) is 0 Å². The quantitative estimate of drug-likeness (QED) is 0.669. The molecule has 0 aliphatic carbocycles. The minimum Gasteiger partial charge on any atom is -0.313 e. The molecule has 0 saturated heterocycles. The predicted octanol–water partition coefficient (Wildman–Crippen LogP) is 2.96. The molecule has 1 N–H and O–H groups in total. The zero-order valence-corrected chi connectivity index (χ0v) is 14.5. The molecule has 0 heterocycles. The molecule has 0 aliphatic heterocycles. The zero-order chi connectivity index (χ0) is 15.7. The predicted molar refractivity (Wildman–Crippen MR) is 92.5 cm³/mol. The van der Waals surface area contributed by atoms with Crippen molar-refractivity contribution in [3.63, 3.8) is 0 Å². The Balaban J connectivity index is 2.70. The van der Waals surface area contributed by atoms with E-state index in [1.54, 1.807) is 0 Å². The second kappa shape index (κ2) is 9.93. The molecular formula is C18H33N3. The largest absolute Gasteiger partial charge is 0.313 e. The van der Waals surface area contributed by atoms with Crippen molar-refractivity contribution in [3.8, 4) is 0 Å². The van der Waals surface area contributed by atoms with Crippen LogP contribution in [0.25, 0.3) is 0 Å². The summed E-state index contributed by atoms with van der Waals surface area (Å²) in [7, 11) is 4.29. The lowest BCUT2D eigenvalue weighted by molar-refractivity contribution is 0.174. The first-order valence-electron chi connectivity index (χ1n) is 8.24. The lowest BCUT2D eigenvalue weighted by Crippen LogP contribution is -2.39. The van der Waals surface area contributed by atoms with Crippen LogP contribution in [0.1, 0.15) is 38.3 Å². The van der Waals surface area contributed by atoms with E-state index >= 15 is 0 Å². The first-order valence-corrected chi connectivity index (χ1v) is 8.24. The van der Waals surface area contributed by atoms with Gasteiger partial charge in [-0.05, 0) is 51.7 Å². The number of nitrogens with one attached hydrogen (secondary N) is 1. The van der Waals surface area contributed by atoms with Crippen LogP contribution in [0.15, 0.2) is 24.3 Å². The van der Waals surface area contributed by atoms with Gasteiger partial charge in [-0.1, -0.05) is 38.1 Å². The monoisotopic (exact) mass is 291 g/mol. The van der Waals surface area contributed by atoms with Gasteiger partial charge in [-0.3, -0.25) is 4.90 Å². The Morgan fingerprint density at radius 1 is 1.10 bits per heavy atom. The highest BCUT2D eigenvalue weighted by atomic mass is 15.2.